The molecule has 0 aliphatic carbocycles. The normalized spacial score (nSPS) is 14.8. The Balaban J connectivity index is 1.83. The van der Waals surface area contributed by atoms with Crippen LogP contribution in [0, 0.1) is 0 Å². The van der Waals surface area contributed by atoms with Crippen LogP contribution in [-0.4, -0.2) is 22.1 Å². The number of para-hydroxylation sites is 2. The summed E-state index contributed by atoms with van der Waals surface area (Å²) in [5, 5.41) is 0. The van der Waals surface area contributed by atoms with Crippen molar-refractivity contribution < 1.29 is 13.2 Å². The molecule has 7 heteroatoms. The number of hydrogen-bond donors (Lipinski definition) is 0. The fraction of sp³-hybridized carbons (Fsp3) is 0.238. The van der Waals surface area contributed by atoms with E-state index in [1.165, 1.54) is 12.1 Å². The summed E-state index contributed by atoms with van der Waals surface area (Å²) in [6.45, 7) is 4.62. The molecular weight excluding hydrogens is 365 g/mol. The number of hydrogen-bond acceptors (Lipinski definition) is 3. The fourth-order valence-electron chi connectivity index (χ4n) is 3.30. The maximum Gasteiger partial charge on any atom is 0.416 e. The number of imidazole rings is 1. The molecule has 0 saturated carbocycles. The third kappa shape index (κ3) is 3.17. The van der Waals surface area contributed by atoms with Crippen molar-refractivity contribution in [1.29, 1.82) is 0 Å². The second-order valence-corrected chi connectivity index (χ2v) is 6.92. The molecule has 2 aromatic carbocycles. The van der Waals surface area contributed by atoms with Crippen LogP contribution < -0.4 is 4.90 Å². The number of benzene rings is 2. The minimum atomic E-state index is -4.36. The molecule has 0 radical (unpaired) electrons. The van der Waals surface area contributed by atoms with E-state index >= 15 is 0 Å². The molecule has 0 spiro atoms. The van der Waals surface area contributed by atoms with E-state index in [2.05, 4.69) is 18.8 Å². The van der Waals surface area contributed by atoms with Crippen LogP contribution in [0.2, 0.25) is 0 Å². The van der Waals surface area contributed by atoms with E-state index in [1.54, 1.807) is 6.20 Å². The van der Waals surface area contributed by atoms with E-state index in [0.29, 0.717) is 18.2 Å². The van der Waals surface area contributed by atoms with E-state index in [9.17, 15) is 13.2 Å². The lowest BCUT2D eigenvalue weighted by molar-refractivity contribution is -0.137. The maximum absolute atomic E-state index is 12.9. The van der Waals surface area contributed by atoms with Gasteiger partial charge in [0.2, 0.25) is 5.96 Å². The average Bonchev–Trinajstić information content (AvgIpc) is 3.07. The summed E-state index contributed by atoms with van der Waals surface area (Å²) in [4.78, 5) is 11.2. The van der Waals surface area contributed by atoms with Crippen molar-refractivity contribution in [2.45, 2.75) is 25.9 Å². The summed E-state index contributed by atoms with van der Waals surface area (Å²) in [6.07, 6.45) is -0.771. The van der Waals surface area contributed by atoms with Crippen molar-refractivity contribution in [3.05, 3.63) is 72.2 Å². The molecule has 4 rings (SSSR count). The Bertz CT molecular complexity index is 1060. The topological polar surface area (TPSA) is 33.4 Å². The average molecular weight is 384 g/mol. The highest BCUT2D eigenvalue weighted by Crippen LogP contribution is 2.31. The van der Waals surface area contributed by atoms with E-state index in [1.807, 2.05) is 39.8 Å². The highest BCUT2D eigenvalue weighted by atomic mass is 19.4. The van der Waals surface area contributed by atoms with Gasteiger partial charge in [-0.25, -0.2) is 9.98 Å². The number of nitrogens with zero attached hydrogens (tertiary/aromatic N) is 4. The van der Waals surface area contributed by atoms with Gasteiger partial charge in [-0.2, -0.15) is 13.2 Å². The lowest BCUT2D eigenvalue weighted by Gasteiger charge is -2.29. The van der Waals surface area contributed by atoms with Gasteiger partial charge in [0, 0.05) is 24.4 Å². The summed E-state index contributed by atoms with van der Waals surface area (Å²) >= 11 is 0. The van der Waals surface area contributed by atoms with Crippen LogP contribution in [0.15, 0.2) is 65.8 Å². The summed E-state index contributed by atoms with van der Waals surface area (Å²) in [5.41, 5.74) is 1.75. The quantitative estimate of drug-likeness (QED) is 0.591. The molecule has 0 amide bonds. The third-order valence-electron chi connectivity index (χ3n) is 4.63. The first kappa shape index (κ1) is 18.3. The van der Waals surface area contributed by atoms with Crippen molar-refractivity contribution in [2.75, 3.05) is 11.4 Å². The van der Waals surface area contributed by atoms with Crippen LogP contribution in [0.25, 0.3) is 11.0 Å². The lowest BCUT2D eigenvalue weighted by atomic mass is 10.2. The minimum absolute atomic E-state index is 0.149. The number of aliphatic imine (C=N–C) groups is 1. The van der Waals surface area contributed by atoms with Gasteiger partial charge >= 0.3 is 6.18 Å². The van der Waals surface area contributed by atoms with E-state index < -0.39 is 11.7 Å². The Labute approximate surface area is 160 Å². The first-order chi connectivity index (χ1) is 13.4. The predicted molar refractivity (Wildman–Crippen MR) is 105 cm³/mol. The SMILES string of the molecule is CC(C)c1nc2ccccc2n1C1=NC=CCN1c1ccc(C(F)(F)F)cc1. The van der Waals surface area contributed by atoms with Crippen LogP contribution in [0.4, 0.5) is 18.9 Å². The van der Waals surface area contributed by atoms with Crippen LogP contribution in [-0.2, 0) is 6.18 Å². The highest BCUT2D eigenvalue weighted by molar-refractivity contribution is 6.04. The van der Waals surface area contributed by atoms with Crippen LogP contribution in [0.3, 0.4) is 0 Å². The van der Waals surface area contributed by atoms with Crippen molar-refractivity contribution in [3.8, 4) is 0 Å². The first-order valence-electron chi connectivity index (χ1n) is 9.01. The molecule has 0 atom stereocenters. The summed E-state index contributed by atoms with van der Waals surface area (Å²) in [6, 6.07) is 12.9. The van der Waals surface area contributed by atoms with Crippen LogP contribution in [0.5, 0.6) is 0 Å². The van der Waals surface area contributed by atoms with Crippen LogP contribution >= 0.6 is 0 Å². The smallest absolute Gasteiger partial charge is 0.308 e. The number of aromatic nitrogens is 2. The molecule has 2 heterocycles. The van der Waals surface area contributed by atoms with Gasteiger partial charge in [-0.15, -0.1) is 0 Å². The van der Waals surface area contributed by atoms with E-state index in [4.69, 9.17) is 4.98 Å². The predicted octanol–water partition coefficient (Wildman–Crippen LogP) is 5.42. The Morgan fingerprint density at radius 1 is 1.00 bits per heavy atom. The summed E-state index contributed by atoms with van der Waals surface area (Å²) < 4.78 is 40.7. The molecule has 0 fully saturated rings. The molecule has 1 aromatic heterocycles. The second kappa shape index (κ2) is 6.82. The Morgan fingerprint density at radius 2 is 1.71 bits per heavy atom. The zero-order chi connectivity index (χ0) is 19.9. The van der Waals surface area contributed by atoms with Gasteiger partial charge in [0.1, 0.15) is 5.82 Å². The Hall–Kier alpha value is -3.09. The third-order valence-corrected chi connectivity index (χ3v) is 4.63. The molecule has 0 saturated heterocycles. The van der Waals surface area contributed by atoms with Gasteiger partial charge in [-0.3, -0.25) is 4.57 Å². The molecule has 3 aromatic rings. The second-order valence-electron chi connectivity index (χ2n) is 6.92. The zero-order valence-corrected chi connectivity index (χ0v) is 15.5. The van der Waals surface area contributed by atoms with Crippen LogP contribution in [0.1, 0.15) is 31.2 Å². The largest absolute Gasteiger partial charge is 0.416 e. The van der Waals surface area contributed by atoms with Gasteiger partial charge in [0.25, 0.3) is 0 Å². The summed E-state index contributed by atoms with van der Waals surface area (Å²) in [5.74, 6) is 1.63. The summed E-state index contributed by atoms with van der Waals surface area (Å²) in [7, 11) is 0. The molecule has 1 aliphatic heterocycles. The number of anilines is 1. The molecule has 0 bridgehead atoms. The number of halogens is 3. The molecular formula is C21H19F3N4. The molecule has 4 nitrogen and oxygen atoms in total. The Morgan fingerprint density at radius 3 is 2.39 bits per heavy atom. The molecule has 1 aliphatic rings. The lowest BCUT2D eigenvalue weighted by Crippen LogP contribution is -2.38. The van der Waals surface area contributed by atoms with Gasteiger partial charge in [-0.1, -0.05) is 26.0 Å². The standard InChI is InChI=1S/C21H19F3N4/c1-14(2)19-26-17-6-3-4-7-18(17)28(19)20-25-12-5-13-27(20)16-10-8-15(9-11-16)21(22,23)24/h3-12,14H,13H2,1-2H3. The van der Waals surface area contributed by atoms with Crippen molar-refractivity contribution in [3.63, 3.8) is 0 Å². The molecule has 0 unspecified atom stereocenters. The van der Waals surface area contributed by atoms with Gasteiger partial charge < -0.3 is 4.90 Å². The van der Waals surface area contributed by atoms with E-state index in [0.717, 1.165) is 29.0 Å². The highest BCUT2D eigenvalue weighted by Gasteiger charge is 2.31. The zero-order valence-electron chi connectivity index (χ0n) is 15.5. The maximum atomic E-state index is 12.9. The minimum Gasteiger partial charge on any atom is -0.308 e. The molecule has 144 valence electrons. The number of rotatable bonds is 2. The van der Waals surface area contributed by atoms with Gasteiger partial charge in [0.15, 0.2) is 0 Å². The van der Waals surface area contributed by atoms with Crippen molar-refractivity contribution >= 4 is 22.7 Å². The fourth-order valence-corrected chi connectivity index (χ4v) is 3.30. The van der Waals surface area contributed by atoms with E-state index in [-0.39, 0.29) is 5.92 Å². The van der Waals surface area contributed by atoms with Crippen molar-refractivity contribution in [1.82, 2.24) is 9.55 Å². The first-order valence-corrected chi connectivity index (χ1v) is 9.01. The molecule has 0 N–H and O–H groups in total. The number of fused-ring (bicyclic) bond motifs is 1. The Kier molecular flexibility index (Phi) is 4.45. The van der Waals surface area contributed by atoms with Gasteiger partial charge in [0.05, 0.1) is 16.6 Å². The van der Waals surface area contributed by atoms with Crippen molar-refractivity contribution in [2.24, 2.45) is 4.99 Å². The monoisotopic (exact) mass is 384 g/mol. The molecule has 28 heavy (non-hydrogen) atoms. The van der Waals surface area contributed by atoms with Gasteiger partial charge in [-0.05, 0) is 42.5 Å². The number of alkyl halides is 3.